The van der Waals surface area contributed by atoms with Crippen molar-refractivity contribution in [1.29, 1.82) is 5.26 Å². The summed E-state index contributed by atoms with van der Waals surface area (Å²) in [5.41, 5.74) is 1.40. The maximum absolute atomic E-state index is 13.3. The van der Waals surface area contributed by atoms with Crippen molar-refractivity contribution in [2.75, 3.05) is 19.0 Å². The Morgan fingerprint density at radius 2 is 1.81 bits per heavy atom. The van der Waals surface area contributed by atoms with E-state index in [1.54, 1.807) is 26.0 Å². The van der Waals surface area contributed by atoms with Crippen LogP contribution in [0, 0.1) is 11.3 Å². The average Bonchev–Trinajstić information content (AvgIpc) is 3.04. The molecule has 1 heterocycles. The summed E-state index contributed by atoms with van der Waals surface area (Å²) < 4.78 is 24.9. The maximum atomic E-state index is 13.3. The molecule has 0 saturated heterocycles. The highest BCUT2D eigenvalue weighted by molar-refractivity contribution is 8.82. The van der Waals surface area contributed by atoms with Crippen molar-refractivity contribution in [2.45, 2.75) is 20.8 Å². The van der Waals surface area contributed by atoms with Crippen molar-refractivity contribution in [1.82, 2.24) is 0 Å². The molecule has 2 rings (SSSR count). The zero-order valence-electron chi connectivity index (χ0n) is 14.7. The van der Waals surface area contributed by atoms with E-state index in [0.29, 0.717) is 25.9 Å². The molecule has 4 nitrogen and oxygen atoms in total. The van der Waals surface area contributed by atoms with Crippen molar-refractivity contribution in [3.63, 3.8) is 0 Å². The monoisotopic (exact) mass is 447 g/mol. The van der Waals surface area contributed by atoms with E-state index in [2.05, 4.69) is 6.07 Å². The number of halogens is 1. The lowest BCUT2D eigenvalue weighted by Crippen LogP contribution is -2.00. The highest BCUT2D eigenvalue weighted by Crippen LogP contribution is 2.67. The summed E-state index contributed by atoms with van der Waals surface area (Å²) in [7, 11) is -0.571. The van der Waals surface area contributed by atoms with Gasteiger partial charge >= 0.3 is 7.60 Å². The molecule has 0 spiro atoms. The quantitative estimate of drug-likeness (QED) is 0.309. The van der Waals surface area contributed by atoms with Crippen LogP contribution in [-0.4, -0.2) is 19.0 Å². The van der Waals surface area contributed by atoms with E-state index in [0.717, 1.165) is 10.5 Å². The van der Waals surface area contributed by atoms with Crippen LogP contribution in [0.25, 0.3) is 4.91 Å². The second kappa shape index (κ2) is 10.3. The molecule has 0 unspecified atom stereocenters. The molecule has 0 fully saturated rings. The number of thioether (sulfide) groups is 1. The molecule has 26 heavy (non-hydrogen) atoms. The number of allylic oxidation sites excluding steroid dienone is 1. The van der Waals surface area contributed by atoms with E-state index in [4.69, 9.17) is 20.6 Å². The highest BCUT2D eigenvalue weighted by atomic mass is 35.5. The fraction of sp³-hybridized carbons (Fsp3) is 0.353. The summed E-state index contributed by atoms with van der Waals surface area (Å²) in [5, 5.41) is 10.4. The Labute approximate surface area is 171 Å². The summed E-state index contributed by atoms with van der Waals surface area (Å²) in [6, 6.07) is 9.61. The fourth-order valence-corrected chi connectivity index (χ4v) is 9.18. The molecule has 0 atom stereocenters. The minimum Gasteiger partial charge on any atom is -0.305 e. The van der Waals surface area contributed by atoms with Crippen molar-refractivity contribution in [3.05, 3.63) is 50.0 Å². The predicted octanol–water partition coefficient (Wildman–Crippen LogP) is 7.16. The molecule has 0 amide bonds. The molecule has 1 aromatic carbocycles. The molecule has 0 saturated carbocycles. The van der Waals surface area contributed by atoms with Gasteiger partial charge in [-0.2, -0.15) is 5.26 Å². The summed E-state index contributed by atoms with van der Waals surface area (Å²) in [5.74, 6) is 0.698. The van der Waals surface area contributed by atoms with E-state index in [1.165, 1.54) is 33.3 Å². The van der Waals surface area contributed by atoms with Gasteiger partial charge in [0.15, 0.2) is 0 Å². The minimum absolute atomic E-state index is 0.270. The molecule has 1 aliphatic rings. The Hall–Kier alpha value is -0.320. The van der Waals surface area contributed by atoms with Gasteiger partial charge < -0.3 is 9.05 Å². The van der Waals surface area contributed by atoms with Gasteiger partial charge in [-0.15, -0.1) is 11.8 Å². The average molecular weight is 448 g/mol. The molecule has 140 valence electrons. The Kier molecular flexibility index (Phi) is 8.69. The number of hydrogen-bond acceptors (Lipinski definition) is 7. The van der Waals surface area contributed by atoms with Gasteiger partial charge in [0.25, 0.3) is 0 Å². The predicted molar refractivity (Wildman–Crippen MR) is 115 cm³/mol. The van der Waals surface area contributed by atoms with Crippen LogP contribution in [0.5, 0.6) is 0 Å². The molecule has 9 heteroatoms. The lowest BCUT2D eigenvalue weighted by molar-refractivity contribution is 0.228. The van der Waals surface area contributed by atoms with Crippen LogP contribution in [0.3, 0.4) is 0 Å². The number of rotatable bonds is 8. The van der Waals surface area contributed by atoms with E-state index >= 15 is 0 Å². The Balaban J connectivity index is 2.61. The van der Waals surface area contributed by atoms with Gasteiger partial charge in [-0.3, -0.25) is 4.57 Å². The number of benzene rings is 1. The van der Waals surface area contributed by atoms with Crippen LogP contribution in [0.2, 0.25) is 5.02 Å². The molecule has 0 radical (unpaired) electrons. The molecular weight excluding hydrogens is 429 g/mol. The minimum atomic E-state index is -3.47. The van der Waals surface area contributed by atoms with Gasteiger partial charge in [0, 0.05) is 9.93 Å². The van der Waals surface area contributed by atoms with Crippen LogP contribution >= 0.6 is 52.5 Å². The zero-order chi connectivity index (χ0) is 19.2. The van der Waals surface area contributed by atoms with Gasteiger partial charge in [0.05, 0.1) is 23.7 Å². The molecular formula is C17H19ClNO3PS3. The molecule has 0 aliphatic carbocycles. The van der Waals surface area contributed by atoms with Gasteiger partial charge in [-0.05, 0) is 48.1 Å². The van der Waals surface area contributed by atoms with Gasteiger partial charge in [0.2, 0.25) is 0 Å². The van der Waals surface area contributed by atoms with Crippen LogP contribution < -0.4 is 0 Å². The lowest BCUT2D eigenvalue weighted by atomic mass is 10.1. The third-order valence-corrected chi connectivity index (χ3v) is 9.99. The molecule has 0 N–H and O–H groups in total. The lowest BCUT2D eigenvalue weighted by Gasteiger charge is -2.20. The van der Waals surface area contributed by atoms with Crippen molar-refractivity contribution < 1.29 is 13.6 Å². The smallest absolute Gasteiger partial charge is 0.305 e. The van der Waals surface area contributed by atoms with Crippen molar-refractivity contribution in [3.8, 4) is 6.07 Å². The molecule has 1 aromatic rings. The molecule has 0 bridgehead atoms. The first kappa shape index (κ1) is 22.0. The fourth-order valence-electron chi connectivity index (χ4n) is 2.21. The normalized spacial score (nSPS) is 16.7. The number of nitriles is 1. The van der Waals surface area contributed by atoms with Gasteiger partial charge in [-0.25, -0.2) is 0 Å². The zero-order valence-corrected chi connectivity index (χ0v) is 18.8. The van der Waals surface area contributed by atoms with E-state index in [1.807, 2.05) is 19.1 Å². The van der Waals surface area contributed by atoms with Crippen LogP contribution in [-0.2, 0) is 13.6 Å². The Morgan fingerprint density at radius 3 is 2.31 bits per heavy atom. The van der Waals surface area contributed by atoms with E-state index < -0.39 is 7.60 Å². The third-order valence-electron chi connectivity index (χ3n) is 3.20. The van der Waals surface area contributed by atoms with Crippen LogP contribution in [0.4, 0.5) is 0 Å². The third kappa shape index (κ3) is 4.94. The molecule has 0 aromatic heterocycles. The second-order valence-corrected chi connectivity index (χ2v) is 11.0. The SMILES string of the molecule is CCOP(=O)(OCC)/C(SCC)=C1/SSC(c2ccc(Cl)cc2)=C1C#N. The maximum Gasteiger partial charge on any atom is 0.368 e. The Morgan fingerprint density at radius 1 is 1.19 bits per heavy atom. The van der Waals surface area contributed by atoms with Gasteiger partial charge in [-0.1, -0.05) is 41.5 Å². The number of nitrogens with zero attached hydrogens (tertiary/aromatic N) is 1. The second-order valence-electron chi connectivity index (χ2n) is 4.89. The first-order valence-corrected chi connectivity index (χ1v) is 13.1. The van der Waals surface area contributed by atoms with Crippen LogP contribution in [0.1, 0.15) is 26.3 Å². The largest absolute Gasteiger partial charge is 0.368 e. The van der Waals surface area contributed by atoms with E-state index in [-0.39, 0.29) is 13.2 Å². The standard InChI is InChI=1S/C17H19ClNO3PS3/c1-4-21-23(20,22-5-2)17(24-6-3)16-14(11-19)15(25-26-16)12-7-9-13(18)10-8-12/h7-10H,4-6H2,1-3H3/b17-16-. The van der Waals surface area contributed by atoms with Gasteiger partial charge in [0.1, 0.15) is 10.7 Å². The number of hydrogen-bond donors (Lipinski definition) is 0. The van der Waals surface area contributed by atoms with Crippen molar-refractivity contribution >= 4 is 57.5 Å². The summed E-state index contributed by atoms with van der Waals surface area (Å²) in [6.07, 6.45) is 0. The first-order valence-electron chi connectivity index (χ1n) is 8.02. The first-order chi connectivity index (χ1) is 12.5. The van der Waals surface area contributed by atoms with Crippen LogP contribution in [0.15, 0.2) is 39.4 Å². The van der Waals surface area contributed by atoms with Crippen molar-refractivity contribution in [2.24, 2.45) is 0 Å². The summed E-state index contributed by atoms with van der Waals surface area (Å²) in [4.78, 5) is 1.50. The van der Waals surface area contributed by atoms with E-state index in [9.17, 15) is 9.83 Å². The summed E-state index contributed by atoms with van der Waals surface area (Å²) in [6.45, 7) is 6.07. The highest BCUT2D eigenvalue weighted by Gasteiger charge is 2.37. The topological polar surface area (TPSA) is 59.3 Å². The Bertz CT molecular complexity index is 792. The summed E-state index contributed by atoms with van der Waals surface area (Å²) >= 11 is 7.37. The molecule has 1 aliphatic heterocycles.